The van der Waals surface area contributed by atoms with Crippen molar-refractivity contribution in [2.45, 2.75) is 18.9 Å². The molecule has 14 heavy (non-hydrogen) atoms. The summed E-state index contributed by atoms with van der Waals surface area (Å²) in [5.74, 6) is -0.132. The number of hydrogen-bond acceptors (Lipinski definition) is 5. The number of nitrogens with one attached hydrogen (secondary N) is 1. The third-order valence-electron chi connectivity index (χ3n) is 1.55. The minimum atomic E-state index is -3.92. The molecule has 1 heterocycles. The molecule has 1 radical (unpaired) electrons. The van der Waals surface area contributed by atoms with Gasteiger partial charge in [0.05, 0.1) is 13.4 Å². The van der Waals surface area contributed by atoms with Gasteiger partial charge in [-0.2, -0.15) is 8.42 Å². The molecule has 0 amide bonds. The van der Waals surface area contributed by atoms with Crippen LogP contribution in [-0.2, 0) is 24.2 Å². The molecular weight excluding hydrogens is 210 g/mol. The maximum Gasteiger partial charge on any atom is 0.322 e. The summed E-state index contributed by atoms with van der Waals surface area (Å²) in [4.78, 5) is 10.7. The first kappa shape index (κ1) is 13.3. The van der Waals surface area contributed by atoms with Crippen molar-refractivity contribution in [3.05, 3.63) is 0 Å². The highest BCUT2D eigenvalue weighted by Crippen LogP contribution is 2.05. The highest BCUT2D eigenvalue weighted by Gasteiger charge is 2.21. The van der Waals surface area contributed by atoms with Crippen LogP contribution in [0.1, 0.15) is 12.8 Å². The van der Waals surface area contributed by atoms with Gasteiger partial charge >= 0.3 is 5.97 Å². The number of ether oxygens (including phenoxy) is 1. The van der Waals surface area contributed by atoms with E-state index in [-0.39, 0.29) is 12.0 Å². The van der Waals surface area contributed by atoms with Crippen LogP contribution in [0.3, 0.4) is 0 Å². The molecule has 0 aromatic rings. The summed E-state index contributed by atoms with van der Waals surface area (Å²) in [5.41, 5.74) is 0. The summed E-state index contributed by atoms with van der Waals surface area (Å²) in [6.07, 6.45) is 2.61. The minimum Gasteiger partial charge on any atom is -0.468 e. The maximum atomic E-state index is 10.7. The van der Waals surface area contributed by atoms with E-state index in [0.717, 1.165) is 19.4 Å². The molecule has 0 aliphatic carbocycles. The lowest BCUT2D eigenvalue weighted by Gasteiger charge is -2.04. The van der Waals surface area contributed by atoms with E-state index in [4.69, 9.17) is 13.0 Å². The average molecular weight is 224 g/mol. The summed E-state index contributed by atoms with van der Waals surface area (Å²) >= 11 is 0. The third kappa shape index (κ3) is 7.96. The zero-order chi connectivity index (χ0) is 11.2. The number of esters is 1. The topological polar surface area (TPSA) is 92.4 Å². The first-order chi connectivity index (χ1) is 6.34. The van der Waals surface area contributed by atoms with Crippen molar-refractivity contribution in [1.82, 2.24) is 5.32 Å². The maximum absolute atomic E-state index is 10.7. The molecule has 0 unspecified atom stereocenters. The number of hydrogen-bond donors (Lipinski definition) is 1. The Labute approximate surface area is 83.4 Å². The van der Waals surface area contributed by atoms with Crippen LogP contribution in [0.25, 0.3) is 0 Å². The Balaban J connectivity index is 0.000000292. The Morgan fingerprint density at radius 2 is 2.00 bits per heavy atom. The molecule has 1 saturated heterocycles. The van der Waals surface area contributed by atoms with Crippen molar-refractivity contribution in [3.8, 4) is 0 Å². The second-order valence-electron chi connectivity index (χ2n) is 2.88. The van der Waals surface area contributed by atoms with E-state index in [1.54, 1.807) is 0 Å². The predicted octanol–water partition coefficient (Wildman–Crippen LogP) is -0.712. The van der Waals surface area contributed by atoms with Gasteiger partial charge in [0.25, 0.3) is 10.1 Å². The summed E-state index contributed by atoms with van der Waals surface area (Å²) in [6, 6.07) is -0.0324. The van der Waals surface area contributed by atoms with Gasteiger partial charge in [-0.05, 0) is 19.4 Å². The molecule has 83 valence electrons. The molecule has 0 aromatic heterocycles. The van der Waals surface area contributed by atoms with Gasteiger partial charge in [0.2, 0.25) is 0 Å². The lowest BCUT2D eigenvalue weighted by atomic mass is 10.2. The zero-order valence-corrected chi connectivity index (χ0v) is 8.96. The lowest BCUT2D eigenvalue weighted by Crippen LogP contribution is -2.31. The van der Waals surface area contributed by atoms with Crippen LogP contribution in [0.2, 0.25) is 0 Å². The summed E-state index contributed by atoms with van der Waals surface area (Å²) in [6.45, 7) is 0.944. The molecule has 1 rings (SSSR count). The molecule has 0 bridgehead atoms. The van der Waals surface area contributed by atoms with E-state index >= 15 is 0 Å². The van der Waals surface area contributed by atoms with E-state index in [2.05, 4.69) is 10.1 Å². The Morgan fingerprint density at radius 3 is 2.29 bits per heavy atom. The molecule has 1 aliphatic heterocycles. The van der Waals surface area contributed by atoms with Crippen LogP contribution in [0, 0.1) is 0 Å². The van der Waals surface area contributed by atoms with Crippen molar-refractivity contribution in [2.24, 2.45) is 0 Å². The average Bonchev–Trinajstić information content (AvgIpc) is 2.51. The van der Waals surface area contributed by atoms with Gasteiger partial charge in [-0.1, -0.05) is 4.55 Å². The summed E-state index contributed by atoms with van der Waals surface area (Å²) in [7, 11) is -2.50. The SMILES string of the molecule is COC(=O)[C@@H]1CCCN1.CS([O])(=O)=O. The zero-order valence-electron chi connectivity index (χ0n) is 8.15. The monoisotopic (exact) mass is 224 g/mol. The second kappa shape index (κ2) is 5.94. The number of carbonyl (C=O) groups is 1. The first-order valence-corrected chi connectivity index (χ1v) is 5.88. The highest BCUT2D eigenvalue weighted by molar-refractivity contribution is 7.84. The van der Waals surface area contributed by atoms with Gasteiger partial charge < -0.3 is 10.1 Å². The number of carbonyl (C=O) groups excluding carboxylic acids is 1. The smallest absolute Gasteiger partial charge is 0.322 e. The largest absolute Gasteiger partial charge is 0.468 e. The third-order valence-corrected chi connectivity index (χ3v) is 1.55. The van der Waals surface area contributed by atoms with E-state index in [9.17, 15) is 4.79 Å². The highest BCUT2D eigenvalue weighted by atomic mass is 32.2. The fourth-order valence-corrected chi connectivity index (χ4v) is 1.03. The molecular formula is C7H14NO5S. The molecule has 0 aromatic carbocycles. The molecule has 0 saturated carbocycles. The van der Waals surface area contributed by atoms with Gasteiger partial charge in [0.1, 0.15) is 6.04 Å². The fourth-order valence-electron chi connectivity index (χ4n) is 1.03. The predicted molar refractivity (Wildman–Crippen MR) is 48.6 cm³/mol. The van der Waals surface area contributed by atoms with E-state index in [1.165, 1.54) is 7.11 Å². The minimum absolute atomic E-state index is 0.0324. The van der Waals surface area contributed by atoms with Crippen LogP contribution in [0.4, 0.5) is 0 Å². The normalized spacial score (nSPS) is 20.9. The molecule has 7 heteroatoms. The standard InChI is InChI=1S/C6H11NO2.CH3O3S/c1-9-6(8)5-3-2-4-7-5;1-5(2,3)4/h5,7H,2-4H2,1H3;1H3/t5-;/m0./s1. The molecule has 0 spiro atoms. The van der Waals surface area contributed by atoms with Crippen LogP contribution >= 0.6 is 0 Å². The number of methoxy groups -OCH3 is 1. The van der Waals surface area contributed by atoms with Crippen LogP contribution in [0.5, 0.6) is 0 Å². The Hall–Kier alpha value is -0.660. The Morgan fingerprint density at radius 1 is 1.50 bits per heavy atom. The van der Waals surface area contributed by atoms with E-state index < -0.39 is 10.1 Å². The molecule has 1 aliphatic rings. The Bertz CT molecular complexity index is 260. The van der Waals surface area contributed by atoms with Crippen molar-refractivity contribution in [1.29, 1.82) is 0 Å². The second-order valence-corrected chi connectivity index (χ2v) is 4.28. The van der Waals surface area contributed by atoms with E-state index in [1.807, 2.05) is 0 Å². The quantitative estimate of drug-likeness (QED) is 0.594. The van der Waals surface area contributed by atoms with Gasteiger partial charge in [-0.15, -0.1) is 0 Å². The summed E-state index contributed by atoms with van der Waals surface area (Å²) < 4.78 is 31.8. The summed E-state index contributed by atoms with van der Waals surface area (Å²) in [5, 5.41) is 3.03. The van der Waals surface area contributed by atoms with Gasteiger partial charge in [-0.25, -0.2) is 0 Å². The van der Waals surface area contributed by atoms with E-state index in [0.29, 0.717) is 6.26 Å². The molecule has 1 fully saturated rings. The van der Waals surface area contributed by atoms with Crippen LogP contribution in [-0.4, -0.2) is 40.3 Å². The Kier molecular flexibility index (Phi) is 5.66. The van der Waals surface area contributed by atoms with Crippen molar-refractivity contribution < 1.29 is 22.5 Å². The first-order valence-electron chi connectivity index (χ1n) is 4.06. The molecule has 6 nitrogen and oxygen atoms in total. The van der Waals surface area contributed by atoms with Gasteiger partial charge in [-0.3, -0.25) is 4.79 Å². The fraction of sp³-hybridized carbons (Fsp3) is 0.857. The van der Waals surface area contributed by atoms with Crippen molar-refractivity contribution in [3.63, 3.8) is 0 Å². The van der Waals surface area contributed by atoms with Crippen LogP contribution < -0.4 is 5.32 Å². The van der Waals surface area contributed by atoms with Crippen molar-refractivity contribution in [2.75, 3.05) is 19.9 Å². The van der Waals surface area contributed by atoms with Crippen LogP contribution in [0.15, 0.2) is 0 Å². The number of rotatable bonds is 1. The van der Waals surface area contributed by atoms with Gasteiger partial charge in [0, 0.05) is 0 Å². The molecule has 1 atom stereocenters. The van der Waals surface area contributed by atoms with Gasteiger partial charge in [0.15, 0.2) is 0 Å². The van der Waals surface area contributed by atoms with Crippen molar-refractivity contribution >= 4 is 16.1 Å². The lowest BCUT2D eigenvalue weighted by molar-refractivity contribution is -0.142. The molecule has 1 N–H and O–H groups in total.